The van der Waals surface area contributed by atoms with Crippen molar-refractivity contribution in [3.63, 3.8) is 0 Å². The van der Waals surface area contributed by atoms with Crippen molar-refractivity contribution in [1.29, 1.82) is 0 Å². The second kappa shape index (κ2) is 9.83. The molecular formula is C24H25N3O3S. The number of pyridine rings is 1. The van der Waals surface area contributed by atoms with E-state index in [1.807, 2.05) is 35.7 Å². The number of rotatable bonds is 6. The third-order valence-electron chi connectivity index (χ3n) is 5.51. The molecule has 1 unspecified atom stereocenters. The topological polar surface area (TPSA) is 72.4 Å². The lowest BCUT2D eigenvalue weighted by Crippen LogP contribution is -2.47. The van der Waals surface area contributed by atoms with Gasteiger partial charge in [0.05, 0.1) is 5.52 Å². The molecule has 2 heterocycles. The average molecular weight is 436 g/mol. The maximum Gasteiger partial charge on any atom is 0.331 e. The maximum atomic E-state index is 13.2. The van der Waals surface area contributed by atoms with Crippen LogP contribution in [0.25, 0.3) is 17.0 Å². The molecule has 1 aromatic carbocycles. The molecule has 0 N–H and O–H groups in total. The predicted molar refractivity (Wildman–Crippen MR) is 123 cm³/mol. The number of hydrogen-bond donors (Lipinski definition) is 0. The van der Waals surface area contributed by atoms with Crippen LogP contribution in [0, 0.1) is 0 Å². The molecule has 0 bridgehead atoms. The number of thiazole rings is 1. The van der Waals surface area contributed by atoms with Gasteiger partial charge in [0, 0.05) is 40.8 Å². The fraction of sp³-hybridized carbons (Fsp3) is 0.333. The monoisotopic (exact) mass is 435 g/mol. The molecule has 3 aromatic rings. The fourth-order valence-electron chi connectivity index (χ4n) is 3.98. The van der Waals surface area contributed by atoms with Crippen molar-refractivity contribution in [3.05, 3.63) is 59.7 Å². The van der Waals surface area contributed by atoms with Crippen LogP contribution in [0.2, 0.25) is 0 Å². The van der Waals surface area contributed by atoms with Crippen molar-refractivity contribution in [2.24, 2.45) is 0 Å². The highest BCUT2D eigenvalue weighted by Crippen LogP contribution is 2.29. The van der Waals surface area contributed by atoms with E-state index in [0.29, 0.717) is 5.13 Å². The van der Waals surface area contributed by atoms with Crippen LogP contribution in [-0.2, 0) is 14.3 Å². The Morgan fingerprint density at radius 2 is 1.94 bits per heavy atom. The molecule has 1 atom stereocenters. The molecule has 1 aliphatic rings. The van der Waals surface area contributed by atoms with Crippen molar-refractivity contribution in [2.45, 2.75) is 51.2 Å². The highest BCUT2D eigenvalue weighted by atomic mass is 32.1. The van der Waals surface area contributed by atoms with Gasteiger partial charge in [0.2, 0.25) is 0 Å². The number of para-hydroxylation sites is 1. The summed E-state index contributed by atoms with van der Waals surface area (Å²) in [6, 6.07) is 9.72. The molecule has 4 rings (SSSR count). The second-order valence-electron chi connectivity index (χ2n) is 7.65. The smallest absolute Gasteiger partial charge is 0.331 e. The lowest BCUT2D eigenvalue weighted by molar-refractivity contribution is -0.149. The van der Waals surface area contributed by atoms with E-state index in [0.717, 1.165) is 42.1 Å². The zero-order valence-electron chi connectivity index (χ0n) is 17.4. The van der Waals surface area contributed by atoms with E-state index >= 15 is 0 Å². The number of aromatic nitrogens is 2. The predicted octanol–water partition coefficient (Wildman–Crippen LogP) is 5.00. The first-order valence-corrected chi connectivity index (χ1v) is 11.5. The van der Waals surface area contributed by atoms with Gasteiger partial charge >= 0.3 is 5.97 Å². The lowest BCUT2D eigenvalue weighted by Gasteiger charge is -2.33. The van der Waals surface area contributed by atoms with Crippen LogP contribution in [0.4, 0.5) is 5.13 Å². The first-order chi connectivity index (χ1) is 15.1. The van der Waals surface area contributed by atoms with Gasteiger partial charge in [0.25, 0.3) is 5.91 Å². The standard InChI is InChI=1S/C24H25N3O3S/c1-17(23(29)27(24-26-15-16-31-24)20-10-3-2-4-11-20)30-21(28)13-12-19-8-5-7-18-9-6-14-25-22(18)19/h5-9,12-17,20H,2-4,10-11H2,1H3/b13-12+. The molecule has 1 saturated carbocycles. The Hall–Kier alpha value is -3.06. The minimum absolute atomic E-state index is 0.103. The van der Waals surface area contributed by atoms with Crippen molar-refractivity contribution in [3.8, 4) is 0 Å². The molecule has 0 saturated heterocycles. The summed E-state index contributed by atoms with van der Waals surface area (Å²) in [6.07, 6.45) is 10.8. The molecule has 2 aromatic heterocycles. The number of esters is 1. The van der Waals surface area contributed by atoms with Crippen LogP contribution in [0.5, 0.6) is 0 Å². The summed E-state index contributed by atoms with van der Waals surface area (Å²) in [5.41, 5.74) is 1.63. The summed E-state index contributed by atoms with van der Waals surface area (Å²) in [4.78, 5) is 36.1. The number of benzene rings is 1. The number of nitrogens with zero attached hydrogens (tertiary/aromatic N) is 3. The molecule has 6 nitrogen and oxygen atoms in total. The third-order valence-corrected chi connectivity index (χ3v) is 6.28. The van der Waals surface area contributed by atoms with Crippen LogP contribution < -0.4 is 4.90 Å². The summed E-state index contributed by atoms with van der Waals surface area (Å²) in [5.74, 6) is -0.785. The minimum Gasteiger partial charge on any atom is -0.449 e. The van der Waals surface area contributed by atoms with Crippen LogP contribution >= 0.6 is 11.3 Å². The lowest BCUT2D eigenvalue weighted by atomic mass is 9.94. The Morgan fingerprint density at radius 3 is 2.71 bits per heavy atom. The Bertz CT molecular complexity index is 1070. The Balaban J connectivity index is 1.45. The molecule has 160 valence electrons. The maximum absolute atomic E-state index is 13.2. The number of carbonyl (C=O) groups is 2. The van der Waals surface area contributed by atoms with Crippen LogP contribution in [0.15, 0.2) is 54.2 Å². The highest BCUT2D eigenvalue weighted by Gasteiger charge is 2.32. The quantitative estimate of drug-likeness (QED) is 0.402. The van der Waals surface area contributed by atoms with Gasteiger partial charge < -0.3 is 4.74 Å². The number of carbonyl (C=O) groups excluding carboxylic acids is 2. The first-order valence-electron chi connectivity index (χ1n) is 10.6. The van der Waals surface area contributed by atoms with Crippen molar-refractivity contribution >= 4 is 45.3 Å². The summed E-state index contributed by atoms with van der Waals surface area (Å²) in [6.45, 7) is 1.62. The molecule has 0 spiro atoms. The first kappa shape index (κ1) is 21.2. The largest absolute Gasteiger partial charge is 0.449 e. The molecular weight excluding hydrogens is 410 g/mol. The normalized spacial score (nSPS) is 15.8. The zero-order chi connectivity index (χ0) is 21.6. The molecule has 7 heteroatoms. The number of fused-ring (bicyclic) bond motifs is 1. The molecule has 31 heavy (non-hydrogen) atoms. The molecule has 0 aliphatic heterocycles. The summed E-state index contributed by atoms with van der Waals surface area (Å²) >= 11 is 1.43. The highest BCUT2D eigenvalue weighted by molar-refractivity contribution is 7.13. The van der Waals surface area contributed by atoms with Crippen LogP contribution in [0.3, 0.4) is 0 Å². The Labute approximate surface area is 185 Å². The minimum atomic E-state index is -0.895. The van der Waals surface area contributed by atoms with E-state index in [1.165, 1.54) is 23.8 Å². The van der Waals surface area contributed by atoms with Crippen molar-refractivity contribution in [2.75, 3.05) is 4.90 Å². The number of hydrogen-bond acceptors (Lipinski definition) is 6. The number of amides is 1. The van der Waals surface area contributed by atoms with Gasteiger partial charge in [-0.05, 0) is 31.9 Å². The van der Waals surface area contributed by atoms with E-state index in [1.54, 1.807) is 30.3 Å². The van der Waals surface area contributed by atoms with E-state index in [9.17, 15) is 9.59 Å². The van der Waals surface area contributed by atoms with E-state index in [-0.39, 0.29) is 11.9 Å². The van der Waals surface area contributed by atoms with Gasteiger partial charge in [-0.1, -0.05) is 43.5 Å². The van der Waals surface area contributed by atoms with Gasteiger partial charge in [-0.25, -0.2) is 9.78 Å². The van der Waals surface area contributed by atoms with E-state index in [4.69, 9.17) is 4.74 Å². The van der Waals surface area contributed by atoms with Gasteiger partial charge in [0.1, 0.15) is 0 Å². The van der Waals surface area contributed by atoms with E-state index < -0.39 is 12.1 Å². The van der Waals surface area contributed by atoms with E-state index in [2.05, 4.69) is 9.97 Å². The summed E-state index contributed by atoms with van der Waals surface area (Å²) < 4.78 is 5.46. The number of ether oxygens (including phenoxy) is 1. The van der Waals surface area contributed by atoms with Gasteiger partial charge in [-0.3, -0.25) is 14.7 Å². The van der Waals surface area contributed by atoms with Crippen molar-refractivity contribution < 1.29 is 14.3 Å². The summed E-state index contributed by atoms with van der Waals surface area (Å²) in [7, 11) is 0. The molecule has 1 fully saturated rings. The Kier molecular flexibility index (Phi) is 6.72. The van der Waals surface area contributed by atoms with Crippen LogP contribution in [-0.4, -0.2) is 34.0 Å². The van der Waals surface area contributed by atoms with Gasteiger partial charge in [0.15, 0.2) is 11.2 Å². The summed E-state index contributed by atoms with van der Waals surface area (Å²) in [5, 5.41) is 3.51. The number of anilines is 1. The molecule has 0 radical (unpaired) electrons. The van der Waals surface area contributed by atoms with Crippen LogP contribution in [0.1, 0.15) is 44.6 Å². The average Bonchev–Trinajstić information content (AvgIpc) is 3.33. The fourth-order valence-corrected chi connectivity index (χ4v) is 4.70. The van der Waals surface area contributed by atoms with Gasteiger partial charge in [-0.2, -0.15) is 0 Å². The zero-order valence-corrected chi connectivity index (χ0v) is 18.3. The molecule has 1 amide bonds. The Morgan fingerprint density at radius 1 is 1.13 bits per heavy atom. The third kappa shape index (κ3) is 4.99. The second-order valence-corrected chi connectivity index (χ2v) is 8.52. The SMILES string of the molecule is CC(OC(=O)/C=C/c1cccc2cccnc12)C(=O)N(c1nccs1)C1CCCCC1. The molecule has 1 aliphatic carbocycles. The van der Waals surface area contributed by atoms with Gasteiger partial charge in [-0.15, -0.1) is 11.3 Å². The van der Waals surface area contributed by atoms with Crippen molar-refractivity contribution in [1.82, 2.24) is 9.97 Å².